The van der Waals surface area contributed by atoms with Crippen LogP contribution >= 0.6 is 0 Å². The first-order chi connectivity index (χ1) is 11.5. The fourth-order valence-electron chi connectivity index (χ4n) is 3.02. The third-order valence-corrected chi connectivity index (χ3v) is 6.18. The van der Waals surface area contributed by atoms with E-state index in [1.54, 1.807) is 10.5 Å². The average molecular weight is 348 g/mol. The molecule has 0 amide bonds. The Morgan fingerprint density at radius 2 is 1.88 bits per heavy atom. The van der Waals surface area contributed by atoms with Crippen LogP contribution in [0.2, 0.25) is 0 Å². The lowest BCUT2D eigenvalue weighted by Gasteiger charge is -2.31. The lowest BCUT2D eigenvalue weighted by Crippen LogP contribution is -2.46. The van der Waals surface area contributed by atoms with Crippen molar-refractivity contribution in [1.29, 1.82) is 0 Å². The SMILES string of the molecule is CC1CCN(S(=O)(=O)NC(c2ccccc2)c2nccn2C)CC1. The summed E-state index contributed by atoms with van der Waals surface area (Å²) in [5.74, 6) is 1.26. The first kappa shape index (κ1) is 17.1. The number of nitrogens with one attached hydrogen (secondary N) is 1. The van der Waals surface area contributed by atoms with Gasteiger partial charge in [0.15, 0.2) is 0 Å². The molecule has 3 rings (SSSR count). The van der Waals surface area contributed by atoms with Crippen LogP contribution in [0.3, 0.4) is 0 Å². The Morgan fingerprint density at radius 1 is 1.21 bits per heavy atom. The Bertz CT molecular complexity index is 765. The largest absolute Gasteiger partial charge is 0.336 e. The number of benzene rings is 1. The van der Waals surface area contributed by atoms with Crippen LogP contribution in [-0.2, 0) is 17.3 Å². The van der Waals surface area contributed by atoms with Crippen molar-refractivity contribution >= 4 is 10.2 Å². The number of hydrogen-bond donors (Lipinski definition) is 1. The molecule has 1 N–H and O–H groups in total. The van der Waals surface area contributed by atoms with E-state index in [0.717, 1.165) is 18.4 Å². The Labute approximate surface area is 143 Å². The monoisotopic (exact) mass is 348 g/mol. The van der Waals surface area contributed by atoms with Gasteiger partial charge in [-0.3, -0.25) is 0 Å². The minimum atomic E-state index is -3.57. The van der Waals surface area contributed by atoms with Gasteiger partial charge in [0.1, 0.15) is 11.9 Å². The van der Waals surface area contributed by atoms with Gasteiger partial charge in [0.2, 0.25) is 0 Å². The summed E-state index contributed by atoms with van der Waals surface area (Å²) in [6, 6.07) is 9.06. The first-order valence-corrected chi connectivity index (χ1v) is 9.71. The van der Waals surface area contributed by atoms with Gasteiger partial charge in [-0.1, -0.05) is 37.3 Å². The minimum absolute atomic E-state index is 0.504. The molecule has 24 heavy (non-hydrogen) atoms. The molecular formula is C17H24N4O2S. The van der Waals surface area contributed by atoms with E-state index >= 15 is 0 Å². The van der Waals surface area contributed by atoms with Gasteiger partial charge in [0.25, 0.3) is 10.2 Å². The quantitative estimate of drug-likeness (QED) is 0.899. The van der Waals surface area contributed by atoms with Crippen LogP contribution < -0.4 is 4.72 Å². The second-order valence-electron chi connectivity index (χ2n) is 6.44. The number of piperidine rings is 1. The molecule has 1 aromatic heterocycles. The second kappa shape index (κ2) is 7.04. The summed E-state index contributed by atoms with van der Waals surface area (Å²) < 4.78 is 32.0. The van der Waals surface area contributed by atoms with E-state index in [2.05, 4.69) is 16.6 Å². The molecule has 2 heterocycles. The molecule has 2 aromatic rings. The van der Waals surface area contributed by atoms with Gasteiger partial charge in [0.05, 0.1) is 0 Å². The van der Waals surface area contributed by atoms with Crippen molar-refractivity contribution in [2.45, 2.75) is 25.8 Å². The third-order valence-electron chi connectivity index (χ3n) is 4.60. The van der Waals surface area contributed by atoms with Crippen LogP contribution in [0.5, 0.6) is 0 Å². The summed E-state index contributed by atoms with van der Waals surface area (Å²) in [5.41, 5.74) is 0.876. The van der Waals surface area contributed by atoms with E-state index in [4.69, 9.17) is 0 Å². The van der Waals surface area contributed by atoms with Gasteiger partial charge in [-0.2, -0.15) is 17.4 Å². The molecule has 1 aliphatic heterocycles. The smallest absolute Gasteiger partial charge is 0.280 e. The molecule has 0 aliphatic carbocycles. The number of imidazole rings is 1. The van der Waals surface area contributed by atoms with Gasteiger partial charge >= 0.3 is 0 Å². The average Bonchev–Trinajstić information content (AvgIpc) is 3.00. The topological polar surface area (TPSA) is 67.2 Å². The molecule has 130 valence electrons. The molecule has 1 saturated heterocycles. The molecule has 7 heteroatoms. The molecular weight excluding hydrogens is 324 g/mol. The molecule has 6 nitrogen and oxygen atoms in total. The van der Waals surface area contributed by atoms with Crippen molar-refractivity contribution in [3.05, 3.63) is 54.1 Å². The lowest BCUT2D eigenvalue weighted by molar-refractivity contribution is 0.284. The highest BCUT2D eigenvalue weighted by Crippen LogP contribution is 2.24. The number of rotatable bonds is 5. The van der Waals surface area contributed by atoms with Crippen molar-refractivity contribution in [1.82, 2.24) is 18.6 Å². The molecule has 1 aliphatic rings. The van der Waals surface area contributed by atoms with Gasteiger partial charge in [0, 0.05) is 32.5 Å². The predicted octanol–water partition coefficient (Wildman–Crippen LogP) is 2.08. The predicted molar refractivity (Wildman–Crippen MR) is 93.5 cm³/mol. The maximum Gasteiger partial charge on any atom is 0.280 e. The van der Waals surface area contributed by atoms with Gasteiger partial charge < -0.3 is 4.57 Å². The van der Waals surface area contributed by atoms with Crippen LogP contribution in [0.25, 0.3) is 0 Å². The summed E-state index contributed by atoms with van der Waals surface area (Å²) >= 11 is 0. The molecule has 0 saturated carbocycles. The normalized spacial score (nSPS) is 18.6. The van der Waals surface area contributed by atoms with E-state index in [1.165, 1.54) is 0 Å². The molecule has 1 aromatic carbocycles. The zero-order valence-electron chi connectivity index (χ0n) is 14.1. The van der Waals surface area contributed by atoms with Crippen molar-refractivity contribution in [3.63, 3.8) is 0 Å². The Hall–Kier alpha value is -1.70. The first-order valence-electron chi connectivity index (χ1n) is 8.27. The summed E-state index contributed by atoms with van der Waals surface area (Å²) in [6.45, 7) is 3.30. The van der Waals surface area contributed by atoms with Crippen LogP contribution in [0.4, 0.5) is 0 Å². The minimum Gasteiger partial charge on any atom is -0.336 e. The highest BCUT2D eigenvalue weighted by Gasteiger charge is 2.31. The summed E-state index contributed by atoms with van der Waals surface area (Å²) in [7, 11) is -1.70. The maximum absolute atomic E-state index is 12.9. The summed E-state index contributed by atoms with van der Waals surface area (Å²) in [6.07, 6.45) is 5.31. The molecule has 1 fully saturated rings. The van der Waals surface area contributed by atoms with Crippen LogP contribution in [-0.4, -0.2) is 35.4 Å². The number of nitrogens with zero attached hydrogens (tertiary/aromatic N) is 3. The fraction of sp³-hybridized carbons (Fsp3) is 0.471. The van der Waals surface area contributed by atoms with Gasteiger partial charge in [-0.25, -0.2) is 4.98 Å². The Morgan fingerprint density at radius 3 is 2.46 bits per heavy atom. The van der Waals surface area contributed by atoms with Crippen LogP contribution in [0.1, 0.15) is 37.2 Å². The van der Waals surface area contributed by atoms with Crippen molar-refractivity contribution < 1.29 is 8.42 Å². The van der Waals surface area contributed by atoms with Gasteiger partial charge in [-0.15, -0.1) is 0 Å². The summed E-state index contributed by atoms with van der Waals surface area (Å²) in [4.78, 5) is 4.35. The molecule has 1 unspecified atom stereocenters. The molecule has 0 spiro atoms. The van der Waals surface area contributed by atoms with E-state index in [1.807, 2.05) is 48.1 Å². The van der Waals surface area contributed by atoms with Crippen molar-refractivity contribution in [2.24, 2.45) is 13.0 Å². The standard InChI is InChI=1S/C17H24N4O2S/c1-14-8-11-21(12-9-14)24(22,23)19-16(15-6-4-3-5-7-15)17-18-10-13-20(17)2/h3-7,10,13-14,16,19H,8-9,11-12H2,1-2H3. The molecule has 0 bridgehead atoms. The zero-order valence-corrected chi connectivity index (χ0v) is 14.9. The van der Waals surface area contributed by atoms with Crippen molar-refractivity contribution in [3.8, 4) is 0 Å². The van der Waals surface area contributed by atoms with Crippen molar-refractivity contribution in [2.75, 3.05) is 13.1 Å². The number of aryl methyl sites for hydroxylation is 1. The maximum atomic E-state index is 12.9. The Balaban J connectivity index is 1.88. The van der Waals surface area contributed by atoms with Gasteiger partial charge in [-0.05, 0) is 24.3 Å². The number of aromatic nitrogens is 2. The summed E-state index contributed by atoms with van der Waals surface area (Å²) in [5, 5.41) is 0. The molecule has 0 radical (unpaired) electrons. The highest BCUT2D eigenvalue weighted by molar-refractivity contribution is 7.87. The molecule has 1 atom stereocenters. The van der Waals surface area contributed by atoms with E-state index < -0.39 is 16.3 Å². The number of hydrogen-bond acceptors (Lipinski definition) is 3. The van der Waals surface area contributed by atoms with Crippen LogP contribution in [0.15, 0.2) is 42.7 Å². The van der Waals surface area contributed by atoms with E-state index in [-0.39, 0.29) is 0 Å². The van der Waals surface area contributed by atoms with E-state index in [9.17, 15) is 8.42 Å². The van der Waals surface area contributed by atoms with E-state index in [0.29, 0.717) is 24.8 Å². The Kier molecular flexibility index (Phi) is 5.03. The van der Waals surface area contributed by atoms with Crippen LogP contribution in [0, 0.1) is 5.92 Å². The highest BCUT2D eigenvalue weighted by atomic mass is 32.2. The fourth-order valence-corrected chi connectivity index (χ4v) is 4.40. The third kappa shape index (κ3) is 3.68. The lowest BCUT2D eigenvalue weighted by atomic mass is 10.0. The zero-order chi connectivity index (χ0) is 17.2. The second-order valence-corrected chi connectivity index (χ2v) is 8.15.